The van der Waals surface area contributed by atoms with Crippen LogP contribution in [-0.4, -0.2) is 15.6 Å². The summed E-state index contributed by atoms with van der Waals surface area (Å²) in [5.41, 5.74) is 7.82. The van der Waals surface area contributed by atoms with Crippen LogP contribution in [0.5, 0.6) is 0 Å². The molecule has 0 aliphatic rings. The molecule has 4 heteroatoms. The second-order valence-electron chi connectivity index (χ2n) is 4.80. The Labute approximate surface area is 108 Å². The van der Waals surface area contributed by atoms with E-state index < -0.39 is 0 Å². The maximum Gasteiger partial charge on any atom is 0.205 e. The summed E-state index contributed by atoms with van der Waals surface area (Å²) in [5, 5.41) is 0. The number of rotatable bonds is 4. The van der Waals surface area contributed by atoms with Gasteiger partial charge in [0.25, 0.3) is 0 Å². The summed E-state index contributed by atoms with van der Waals surface area (Å²) in [6.45, 7) is 5.15. The molecule has 0 saturated carbocycles. The van der Waals surface area contributed by atoms with E-state index >= 15 is 0 Å². The molecule has 0 radical (unpaired) electrons. The largest absolute Gasteiger partial charge is 0.399 e. The van der Waals surface area contributed by atoms with Crippen molar-refractivity contribution in [2.75, 3.05) is 10.6 Å². The molecule has 2 N–H and O–H groups in total. The standard InChI is InChI=1S/C14H20N4/c1-11(2)18(14-16-7-8-17(14)3)10-12-5-4-6-13(15)9-12/h4-9,11H,10,15H2,1-3H3. The van der Waals surface area contributed by atoms with Gasteiger partial charge in [0, 0.05) is 37.7 Å². The molecule has 2 aromatic rings. The van der Waals surface area contributed by atoms with Crippen LogP contribution in [-0.2, 0) is 13.6 Å². The van der Waals surface area contributed by atoms with E-state index in [0.717, 1.165) is 18.2 Å². The maximum absolute atomic E-state index is 5.82. The van der Waals surface area contributed by atoms with Gasteiger partial charge in [-0.2, -0.15) is 0 Å². The van der Waals surface area contributed by atoms with Crippen molar-refractivity contribution in [3.8, 4) is 0 Å². The van der Waals surface area contributed by atoms with Gasteiger partial charge in [-0.3, -0.25) is 0 Å². The van der Waals surface area contributed by atoms with Crippen molar-refractivity contribution in [1.29, 1.82) is 0 Å². The van der Waals surface area contributed by atoms with Crippen LogP contribution in [0.1, 0.15) is 19.4 Å². The number of hydrogen-bond acceptors (Lipinski definition) is 3. The SMILES string of the molecule is CC(C)N(Cc1cccc(N)c1)c1nccn1C. The summed E-state index contributed by atoms with van der Waals surface area (Å²) >= 11 is 0. The minimum absolute atomic E-state index is 0.382. The molecule has 2 rings (SSSR count). The van der Waals surface area contributed by atoms with Crippen LogP contribution in [0.2, 0.25) is 0 Å². The Bertz CT molecular complexity index is 516. The fraction of sp³-hybridized carbons (Fsp3) is 0.357. The van der Waals surface area contributed by atoms with Crippen molar-refractivity contribution < 1.29 is 0 Å². The van der Waals surface area contributed by atoms with Gasteiger partial charge < -0.3 is 15.2 Å². The van der Waals surface area contributed by atoms with Crippen molar-refractivity contribution >= 4 is 11.6 Å². The fourth-order valence-electron chi connectivity index (χ4n) is 2.01. The number of aromatic nitrogens is 2. The summed E-state index contributed by atoms with van der Waals surface area (Å²) in [6, 6.07) is 8.38. The summed E-state index contributed by atoms with van der Waals surface area (Å²) < 4.78 is 2.03. The zero-order valence-corrected chi connectivity index (χ0v) is 11.2. The molecule has 0 fully saturated rings. The highest BCUT2D eigenvalue weighted by Gasteiger charge is 2.15. The van der Waals surface area contributed by atoms with E-state index in [-0.39, 0.29) is 0 Å². The lowest BCUT2D eigenvalue weighted by molar-refractivity contribution is 0.645. The number of hydrogen-bond donors (Lipinski definition) is 1. The van der Waals surface area contributed by atoms with Gasteiger partial charge in [0.1, 0.15) is 0 Å². The smallest absolute Gasteiger partial charge is 0.205 e. The Morgan fingerprint density at radius 1 is 1.39 bits per heavy atom. The number of imidazole rings is 1. The molecule has 0 spiro atoms. The summed E-state index contributed by atoms with van der Waals surface area (Å²) in [6.07, 6.45) is 3.79. The van der Waals surface area contributed by atoms with Crippen LogP contribution in [0.3, 0.4) is 0 Å². The van der Waals surface area contributed by atoms with Crippen LogP contribution in [0.25, 0.3) is 0 Å². The first-order chi connectivity index (χ1) is 8.58. The highest BCUT2D eigenvalue weighted by molar-refractivity contribution is 5.43. The Morgan fingerprint density at radius 2 is 2.17 bits per heavy atom. The topological polar surface area (TPSA) is 47.1 Å². The molecule has 0 atom stereocenters. The van der Waals surface area contributed by atoms with Crippen LogP contribution in [0.15, 0.2) is 36.7 Å². The van der Waals surface area contributed by atoms with Crippen molar-refractivity contribution in [1.82, 2.24) is 9.55 Å². The van der Waals surface area contributed by atoms with Crippen LogP contribution >= 0.6 is 0 Å². The molecule has 1 aromatic heterocycles. The lowest BCUT2D eigenvalue weighted by Gasteiger charge is -2.27. The lowest BCUT2D eigenvalue weighted by atomic mass is 10.2. The second kappa shape index (κ2) is 5.12. The Balaban J connectivity index is 2.25. The average molecular weight is 244 g/mol. The molecule has 1 heterocycles. The first kappa shape index (κ1) is 12.5. The van der Waals surface area contributed by atoms with Crippen molar-refractivity contribution in [2.24, 2.45) is 7.05 Å². The number of nitrogens with two attached hydrogens (primary N) is 1. The Hall–Kier alpha value is -1.97. The number of aryl methyl sites for hydroxylation is 1. The summed E-state index contributed by atoms with van der Waals surface area (Å²) in [7, 11) is 2.01. The third-order valence-electron chi connectivity index (χ3n) is 2.98. The highest BCUT2D eigenvalue weighted by Crippen LogP contribution is 2.18. The normalized spacial score (nSPS) is 10.9. The van der Waals surface area contributed by atoms with Crippen LogP contribution < -0.4 is 10.6 Å². The van der Waals surface area contributed by atoms with E-state index in [0.29, 0.717) is 6.04 Å². The zero-order chi connectivity index (χ0) is 13.1. The second-order valence-corrected chi connectivity index (χ2v) is 4.80. The van der Waals surface area contributed by atoms with Crippen molar-refractivity contribution in [3.05, 3.63) is 42.2 Å². The van der Waals surface area contributed by atoms with E-state index in [1.165, 1.54) is 5.56 Å². The molecule has 0 bridgehead atoms. The molecular weight excluding hydrogens is 224 g/mol. The Kier molecular flexibility index (Phi) is 3.55. The molecule has 0 unspecified atom stereocenters. The first-order valence-electron chi connectivity index (χ1n) is 6.16. The number of anilines is 2. The average Bonchev–Trinajstić information content (AvgIpc) is 2.72. The highest BCUT2D eigenvalue weighted by atomic mass is 15.3. The van der Waals surface area contributed by atoms with Gasteiger partial charge in [0.15, 0.2) is 0 Å². The molecule has 96 valence electrons. The monoisotopic (exact) mass is 244 g/mol. The van der Waals surface area contributed by atoms with E-state index in [9.17, 15) is 0 Å². The molecule has 0 aliphatic heterocycles. The number of nitrogens with zero attached hydrogens (tertiary/aromatic N) is 3. The van der Waals surface area contributed by atoms with Crippen LogP contribution in [0, 0.1) is 0 Å². The van der Waals surface area contributed by atoms with Crippen LogP contribution in [0.4, 0.5) is 11.6 Å². The number of benzene rings is 1. The van der Waals surface area contributed by atoms with Gasteiger partial charge in [0.2, 0.25) is 5.95 Å². The minimum atomic E-state index is 0.382. The maximum atomic E-state index is 5.82. The van der Waals surface area contributed by atoms with Gasteiger partial charge in [0.05, 0.1) is 0 Å². The molecule has 4 nitrogen and oxygen atoms in total. The lowest BCUT2D eigenvalue weighted by Crippen LogP contribution is -2.32. The van der Waals surface area contributed by atoms with Gasteiger partial charge in [-0.25, -0.2) is 4.98 Å². The van der Waals surface area contributed by atoms with E-state index in [4.69, 9.17) is 5.73 Å². The Morgan fingerprint density at radius 3 is 2.72 bits per heavy atom. The van der Waals surface area contributed by atoms with Gasteiger partial charge >= 0.3 is 0 Å². The van der Waals surface area contributed by atoms with Gasteiger partial charge in [-0.1, -0.05) is 12.1 Å². The minimum Gasteiger partial charge on any atom is -0.399 e. The molecule has 0 aliphatic carbocycles. The van der Waals surface area contributed by atoms with E-state index in [1.54, 1.807) is 0 Å². The number of nitrogen functional groups attached to an aromatic ring is 1. The molecular formula is C14H20N4. The fourth-order valence-corrected chi connectivity index (χ4v) is 2.01. The molecule has 0 amide bonds. The first-order valence-corrected chi connectivity index (χ1v) is 6.16. The van der Waals surface area contributed by atoms with E-state index in [2.05, 4.69) is 29.8 Å². The van der Waals surface area contributed by atoms with Gasteiger partial charge in [-0.15, -0.1) is 0 Å². The predicted molar refractivity (Wildman–Crippen MR) is 75.4 cm³/mol. The summed E-state index contributed by atoms with van der Waals surface area (Å²) in [4.78, 5) is 6.67. The molecule has 0 saturated heterocycles. The summed E-state index contributed by atoms with van der Waals surface area (Å²) in [5.74, 6) is 0.979. The predicted octanol–water partition coefficient (Wildman–Crippen LogP) is 2.42. The van der Waals surface area contributed by atoms with Gasteiger partial charge in [-0.05, 0) is 31.5 Å². The quantitative estimate of drug-likeness (QED) is 0.840. The van der Waals surface area contributed by atoms with Crippen molar-refractivity contribution in [2.45, 2.75) is 26.4 Å². The molecule has 1 aromatic carbocycles. The third kappa shape index (κ3) is 2.64. The molecule has 18 heavy (non-hydrogen) atoms. The third-order valence-corrected chi connectivity index (χ3v) is 2.98. The van der Waals surface area contributed by atoms with Crippen molar-refractivity contribution in [3.63, 3.8) is 0 Å². The van der Waals surface area contributed by atoms with E-state index in [1.807, 2.05) is 42.2 Å². The zero-order valence-electron chi connectivity index (χ0n) is 11.2.